The summed E-state index contributed by atoms with van der Waals surface area (Å²) in [6, 6.07) is 4.30. The van der Waals surface area contributed by atoms with Crippen LogP contribution in [-0.2, 0) is 4.74 Å². The number of nitrogens with zero attached hydrogens (tertiary/aromatic N) is 2. The molecule has 2 heterocycles. The zero-order chi connectivity index (χ0) is 15.9. The third kappa shape index (κ3) is 2.59. The van der Waals surface area contributed by atoms with Crippen LogP contribution in [0.25, 0.3) is 15.2 Å². The van der Waals surface area contributed by atoms with Crippen molar-refractivity contribution in [2.45, 2.75) is 13.3 Å². The first-order chi connectivity index (χ1) is 10.4. The average molecular weight is 330 g/mol. The molecule has 0 amide bonds. The maximum atomic E-state index is 12.4. The lowest BCUT2D eigenvalue weighted by molar-refractivity contribution is -0.274. The van der Waals surface area contributed by atoms with Gasteiger partial charge in [-0.15, -0.1) is 13.2 Å². The maximum absolute atomic E-state index is 12.4. The summed E-state index contributed by atoms with van der Waals surface area (Å²) in [6.07, 6.45) is -3.33. The van der Waals surface area contributed by atoms with Crippen molar-refractivity contribution in [1.29, 1.82) is 0 Å². The second-order valence-corrected chi connectivity index (χ2v) is 5.23. The maximum Gasteiger partial charge on any atom is 0.573 e. The molecule has 22 heavy (non-hydrogen) atoms. The van der Waals surface area contributed by atoms with E-state index >= 15 is 0 Å². The van der Waals surface area contributed by atoms with Gasteiger partial charge in [-0.25, -0.2) is 9.78 Å². The second kappa shape index (κ2) is 5.16. The van der Waals surface area contributed by atoms with E-state index in [4.69, 9.17) is 4.74 Å². The van der Waals surface area contributed by atoms with Gasteiger partial charge >= 0.3 is 12.3 Å². The topological polar surface area (TPSA) is 52.8 Å². The van der Waals surface area contributed by atoms with Crippen molar-refractivity contribution in [2.24, 2.45) is 0 Å². The first kappa shape index (κ1) is 14.6. The monoisotopic (exact) mass is 330 g/mol. The van der Waals surface area contributed by atoms with Crippen LogP contribution in [0.2, 0.25) is 0 Å². The second-order valence-electron chi connectivity index (χ2n) is 4.25. The van der Waals surface area contributed by atoms with Crippen LogP contribution in [0.3, 0.4) is 0 Å². The zero-order valence-corrected chi connectivity index (χ0v) is 12.0. The minimum atomic E-state index is -4.77. The molecule has 0 atom stereocenters. The molecule has 0 aliphatic carbocycles. The normalized spacial score (nSPS) is 12.0. The SMILES string of the molecule is CCOC(=O)c1cn2c(n1)sc1c(OC(F)(F)F)cccc12. The highest BCUT2D eigenvalue weighted by molar-refractivity contribution is 7.24. The number of thiazole rings is 1. The van der Waals surface area contributed by atoms with Gasteiger partial charge in [-0.05, 0) is 19.1 Å². The summed E-state index contributed by atoms with van der Waals surface area (Å²) in [6.45, 7) is 1.89. The number of carbonyl (C=O) groups is 1. The van der Waals surface area contributed by atoms with Crippen molar-refractivity contribution in [3.63, 3.8) is 0 Å². The number of hydrogen-bond donors (Lipinski definition) is 0. The number of rotatable bonds is 3. The third-order valence-electron chi connectivity index (χ3n) is 2.79. The predicted molar refractivity (Wildman–Crippen MR) is 73.2 cm³/mol. The van der Waals surface area contributed by atoms with Crippen molar-refractivity contribution in [3.05, 3.63) is 30.1 Å². The number of esters is 1. The van der Waals surface area contributed by atoms with Gasteiger partial charge in [0.15, 0.2) is 10.7 Å². The Labute approximate surface area is 125 Å². The van der Waals surface area contributed by atoms with Gasteiger partial charge in [-0.2, -0.15) is 0 Å². The van der Waals surface area contributed by atoms with E-state index in [1.807, 2.05) is 0 Å². The molecule has 0 aliphatic heterocycles. The van der Waals surface area contributed by atoms with Crippen LogP contribution >= 0.6 is 11.3 Å². The summed E-state index contributed by atoms with van der Waals surface area (Å²) in [5, 5.41) is 0. The van der Waals surface area contributed by atoms with Gasteiger partial charge in [-0.3, -0.25) is 4.40 Å². The van der Waals surface area contributed by atoms with Crippen molar-refractivity contribution in [1.82, 2.24) is 9.38 Å². The summed E-state index contributed by atoms with van der Waals surface area (Å²) in [4.78, 5) is 16.1. The lowest BCUT2D eigenvalue weighted by atomic mass is 10.3. The van der Waals surface area contributed by atoms with Crippen molar-refractivity contribution in [3.8, 4) is 5.75 Å². The fourth-order valence-corrected chi connectivity index (χ4v) is 3.06. The Bertz CT molecular complexity index is 853. The molecule has 3 aromatic rings. The van der Waals surface area contributed by atoms with Crippen molar-refractivity contribution in [2.75, 3.05) is 6.61 Å². The molecule has 3 rings (SSSR count). The van der Waals surface area contributed by atoms with E-state index in [1.54, 1.807) is 13.0 Å². The predicted octanol–water partition coefficient (Wildman–Crippen LogP) is 3.62. The molecule has 9 heteroatoms. The minimum Gasteiger partial charge on any atom is -0.461 e. The fraction of sp³-hybridized carbons (Fsp3) is 0.231. The summed E-state index contributed by atoms with van der Waals surface area (Å²) in [5.74, 6) is -0.868. The number of aromatic nitrogens is 2. The molecule has 116 valence electrons. The Balaban J connectivity index is 2.10. The zero-order valence-electron chi connectivity index (χ0n) is 11.2. The van der Waals surface area contributed by atoms with Gasteiger partial charge in [0.1, 0.15) is 5.75 Å². The molecule has 0 spiro atoms. The van der Waals surface area contributed by atoms with Crippen LogP contribution in [0, 0.1) is 0 Å². The van der Waals surface area contributed by atoms with E-state index in [9.17, 15) is 18.0 Å². The van der Waals surface area contributed by atoms with Crippen LogP contribution in [0.1, 0.15) is 17.4 Å². The third-order valence-corrected chi connectivity index (χ3v) is 3.88. The minimum absolute atomic E-state index is 0.108. The van der Waals surface area contributed by atoms with Crippen LogP contribution in [0.15, 0.2) is 24.4 Å². The molecule has 0 bridgehead atoms. The van der Waals surface area contributed by atoms with Crippen LogP contribution in [-0.4, -0.2) is 28.3 Å². The number of carbonyl (C=O) groups excluding carboxylic acids is 1. The molecule has 0 unspecified atom stereocenters. The van der Waals surface area contributed by atoms with Gasteiger partial charge in [-0.1, -0.05) is 17.4 Å². The van der Waals surface area contributed by atoms with Crippen LogP contribution < -0.4 is 4.74 Å². The van der Waals surface area contributed by atoms with Crippen LogP contribution in [0.4, 0.5) is 13.2 Å². The lowest BCUT2D eigenvalue weighted by Gasteiger charge is -2.08. The molecular formula is C13H9F3N2O3S. The number of benzene rings is 1. The molecule has 0 saturated heterocycles. The van der Waals surface area contributed by atoms with Gasteiger partial charge < -0.3 is 9.47 Å². The van der Waals surface area contributed by atoms with E-state index in [1.165, 1.54) is 22.7 Å². The van der Waals surface area contributed by atoms with Gasteiger partial charge in [0.05, 0.1) is 16.8 Å². The molecule has 0 aliphatic rings. The van der Waals surface area contributed by atoms with E-state index in [0.29, 0.717) is 15.2 Å². The largest absolute Gasteiger partial charge is 0.573 e. The van der Waals surface area contributed by atoms with Crippen LogP contribution in [0.5, 0.6) is 5.75 Å². The number of hydrogen-bond acceptors (Lipinski definition) is 5. The number of halogens is 3. The Morgan fingerprint density at radius 3 is 2.86 bits per heavy atom. The highest BCUT2D eigenvalue weighted by atomic mass is 32.1. The summed E-state index contributed by atoms with van der Waals surface area (Å²) in [5.41, 5.74) is 0.585. The van der Waals surface area contributed by atoms with Crippen molar-refractivity contribution < 1.29 is 27.4 Å². The number of alkyl halides is 3. The van der Waals surface area contributed by atoms with E-state index < -0.39 is 12.3 Å². The molecule has 5 nitrogen and oxygen atoms in total. The van der Waals surface area contributed by atoms with Gasteiger partial charge in [0.25, 0.3) is 0 Å². The Hall–Kier alpha value is -2.29. The molecule has 2 aromatic heterocycles. The highest BCUT2D eigenvalue weighted by Gasteiger charge is 2.32. The first-order valence-corrected chi connectivity index (χ1v) is 7.04. The smallest absolute Gasteiger partial charge is 0.461 e. The number of imidazole rings is 1. The lowest BCUT2D eigenvalue weighted by Crippen LogP contribution is -2.17. The average Bonchev–Trinajstić information content (AvgIpc) is 2.96. The quantitative estimate of drug-likeness (QED) is 0.688. The van der Waals surface area contributed by atoms with E-state index in [2.05, 4.69) is 9.72 Å². The van der Waals surface area contributed by atoms with E-state index in [-0.39, 0.29) is 18.1 Å². The Kier molecular flexibility index (Phi) is 3.44. The molecule has 0 N–H and O–H groups in total. The molecular weight excluding hydrogens is 321 g/mol. The van der Waals surface area contributed by atoms with E-state index in [0.717, 1.165) is 11.3 Å². The fourth-order valence-electron chi connectivity index (χ4n) is 2.00. The molecule has 1 aromatic carbocycles. The van der Waals surface area contributed by atoms with Gasteiger partial charge in [0.2, 0.25) is 0 Å². The number of fused-ring (bicyclic) bond motifs is 3. The Morgan fingerprint density at radius 2 is 2.18 bits per heavy atom. The molecule has 0 fully saturated rings. The standard InChI is InChI=1S/C13H9F3N2O3S/c1-2-20-11(19)7-6-18-8-4-3-5-9(21-13(14,15)16)10(8)22-12(18)17-7/h3-6H,2H2,1H3. The highest BCUT2D eigenvalue weighted by Crippen LogP contribution is 2.36. The first-order valence-electron chi connectivity index (χ1n) is 6.22. The number of ether oxygens (including phenoxy) is 2. The van der Waals surface area contributed by atoms with Gasteiger partial charge in [0, 0.05) is 6.20 Å². The summed E-state index contributed by atoms with van der Waals surface area (Å²) >= 11 is 1.00. The van der Waals surface area contributed by atoms with Crippen molar-refractivity contribution >= 4 is 32.5 Å². The molecule has 0 saturated carbocycles. The Morgan fingerprint density at radius 1 is 1.41 bits per heavy atom. The summed E-state index contributed by atoms with van der Waals surface area (Å²) in [7, 11) is 0. The summed E-state index contributed by atoms with van der Waals surface area (Å²) < 4.78 is 47.9. The molecule has 0 radical (unpaired) electrons.